The smallest absolute Gasteiger partial charge is 0.162 e. The van der Waals surface area contributed by atoms with E-state index in [1.807, 2.05) is 52.6 Å². The fraction of sp³-hybridized carbons (Fsp3) is 0.432. The van der Waals surface area contributed by atoms with Gasteiger partial charge in [-0.2, -0.15) is 0 Å². The van der Waals surface area contributed by atoms with Crippen LogP contribution >= 0.6 is 11.8 Å². The molecule has 4 aromatic rings. The van der Waals surface area contributed by atoms with Crippen molar-refractivity contribution < 1.29 is 30.0 Å². The molecule has 1 radical (unpaired) electrons. The molecule has 0 saturated heterocycles. The summed E-state index contributed by atoms with van der Waals surface area (Å²) in [6.07, 6.45) is 12.2. The van der Waals surface area contributed by atoms with Crippen molar-refractivity contribution in [2.75, 3.05) is 0 Å². The summed E-state index contributed by atoms with van der Waals surface area (Å²) in [6, 6.07) is 17.0. The van der Waals surface area contributed by atoms with Crippen molar-refractivity contribution in [2.45, 2.75) is 102 Å². The van der Waals surface area contributed by atoms with Crippen LogP contribution < -0.4 is 0 Å². The number of fused-ring (bicyclic) bond motifs is 3. The molecule has 1 aliphatic carbocycles. The molecule has 4 nitrogen and oxygen atoms in total. The molecule has 2 aromatic carbocycles. The van der Waals surface area contributed by atoms with Crippen molar-refractivity contribution in [2.24, 2.45) is 11.8 Å². The normalized spacial score (nSPS) is 14.5. The summed E-state index contributed by atoms with van der Waals surface area (Å²) in [5.74, 6) is 1.27. The van der Waals surface area contributed by atoms with Crippen molar-refractivity contribution in [1.29, 1.82) is 0 Å². The molecule has 0 spiro atoms. The van der Waals surface area contributed by atoms with Crippen LogP contribution in [0, 0.1) is 24.8 Å². The Labute approximate surface area is 274 Å². The zero-order chi connectivity index (χ0) is 29.8. The molecular weight excluding hydrogens is 729 g/mol. The molecule has 0 atom stereocenters. The first-order valence-electron chi connectivity index (χ1n) is 15.8. The molecule has 0 unspecified atom stereocenters. The second-order valence-corrected chi connectivity index (χ2v) is 12.8. The van der Waals surface area contributed by atoms with Gasteiger partial charge in [0.2, 0.25) is 0 Å². The summed E-state index contributed by atoms with van der Waals surface area (Å²) in [6.45, 7) is 10.1. The van der Waals surface area contributed by atoms with E-state index in [0.29, 0.717) is 0 Å². The van der Waals surface area contributed by atoms with Crippen molar-refractivity contribution >= 4 is 39.2 Å². The monoisotopic (exact) mass is 772 g/mol. The largest absolute Gasteiger partial charge is 0.512 e. The van der Waals surface area contributed by atoms with Gasteiger partial charge >= 0.3 is 0 Å². The summed E-state index contributed by atoms with van der Waals surface area (Å²) in [4.78, 5) is 23.7. The third kappa shape index (κ3) is 7.24. The van der Waals surface area contributed by atoms with Crippen LogP contribution in [-0.2, 0) is 24.9 Å². The molecule has 1 aliphatic heterocycles. The van der Waals surface area contributed by atoms with E-state index in [9.17, 15) is 9.90 Å². The third-order valence-corrected chi connectivity index (χ3v) is 10.1. The van der Waals surface area contributed by atoms with E-state index in [4.69, 9.17) is 9.97 Å². The number of allylic oxidation sites excluding steroid dienone is 2. The van der Waals surface area contributed by atoms with Crippen LogP contribution in [0.1, 0.15) is 96.2 Å². The minimum absolute atomic E-state index is 0. The molecule has 1 fully saturated rings. The van der Waals surface area contributed by atoms with E-state index in [-0.39, 0.29) is 43.5 Å². The maximum atomic E-state index is 11.7. The van der Waals surface area contributed by atoms with Crippen LogP contribution in [0.25, 0.3) is 32.9 Å². The van der Waals surface area contributed by atoms with Gasteiger partial charge in [0, 0.05) is 60.5 Å². The number of nitrogens with zero attached hydrogens (tertiary/aromatic N) is 2. The fourth-order valence-corrected chi connectivity index (χ4v) is 7.57. The van der Waals surface area contributed by atoms with Crippen LogP contribution in [0.4, 0.5) is 0 Å². The molecule has 1 N–H and O–H groups in total. The Balaban J connectivity index is 0.000000230. The number of hydrogen-bond acceptors (Lipinski definition) is 5. The number of ketones is 1. The predicted molar refractivity (Wildman–Crippen MR) is 175 cm³/mol. The van der Waals surface area contributed by atoms with Gasteiger partial charge < -0.3 is 5.11 Å². The molecule has 6 heteroatoms. The SMILES string of the molecule is CCC(CC)C(=O)/C=C(\O)C(CC)CC.Cc1ccc2[c-]c3c(cc2n1)Sc1cc(C2CCCC2)cc2ccnc-3c12.[Ir]. The molecule has 43 heavy (non-hydrogen) atoms. The molecule has 2 aromatic heterocycles. The Bertz CT molecular complexity index is 1620. The second kappa shape index (κ2) is 15.0. The van der Waals surface area contributed by atoms with E-state index in [1.54, 1.807) is 0 Å². The van der Waals surface area contributed by atoms with E-state index < -0.39 is 0 Å². The van der Waals surface area contributed by atoms with Gasteiger partial charge in [0.1, 0.15) is 0 Å². The Kier molecular flexibility index (Phi) is 11.6. The first-order valence-corrected chi connectivity index (χ1v) is 16.6. The van der Waals surface area contributed by atoms with Gasteiger partial charge in [0.25, 0.3) is 0 Å². The number of pyridine rings is 2. The van der Waals surface area contributed by atoms with E-state index in [0.717, 1.165) is 59.5 Å². The first-order chi connectivity index (χ1) is 20.4. The first kappa shape index (κ1) is 33.4. The maximum Gasteiger partial charge on any atom is 0.162 e. The average molecular weight is 772 g/mol. The number of aryl methyl sites for hydroxylation is 1. The number of hydrogen-bond donors (Lipinski definition) is 1. The minimum Gasteiger partial charge on any atom is -0.512 e. The number of carbonyl (C=O) groups excluding carboxylic acids is 1. The summed E-state index contributed by atoms with van der Waals surface area (Å²) < 4.78 is 0. The van der Waals surface area contributed by atoms with Crippen molar-refractivity contribution in [3.05, 3.63) is 71.8 Å². The number of benzene rings is 2. The summed E-state index contributed by atoms with van der Waals surface area (Å²) in [5.41, 5.74) is 5.74. The van der Waals surface area contributed by atoms with Gasteiger partial charge in [0.05, 0.1) is 5.76 Å². The fourth-order valence-electron chi connectivity index (χ4n) is 6.41. The van der Waals surface area contributed by atoms with Gasteiger partial charge in [-0.3, -0.25) is 14.8 Å². The van der Waals surface area contributed by atoms with Crippen LogP contribution in [-0.4, -0.2) is 20.9 Å². The van der Waals surface area contributed by atoms with E-state index in [1.165, 1.54) is 57.9 Å². The van der Waals surface area contributed by atoms with Gasteiger partial charge in [-0.15, -0.1) is 23.9 Å². The molecule has 1 saturated carbocycles. The number of carbonyl (C=O) groups is 1. The second-order valence-electron chi connectivity index (χ2n) is 11.8. The van der Waals surface area contributed by atoms with E-state index >= 15 is 0 Å². The number of aromatic nitrogens is 2. The quantitative estimate of drug-likeness (QED) is 0.0967. The summed E-state index contributed by atoms with van der Waals surface area (Å²) in [5, 5.41) is 13.4. The topological polar surface area (TPSA) is 63.1 Å². The zero-order valence-electron chi connectivity index (χ0n) is 26.0. The number of rotatable bonds is 8. The number of aliphatic hydroxyl groups excluding tert-OH is 1. The molecule has 3 heterocycles. The molecular formula is C37H43IrN2O2S-. The Morgan fingerprint density at radius 3 is 2.37 bits per heavy atom. The van der Waals surface area contributed by atoms with Crippen LogP contribution in [0.3, 0.4) is 0 Å². The Hall–Kier alpha value is -2.53. The van der Waals surface area contributed by atoms with Gasteiger partial charge in [-0.25, -0.2) is 0 Å². The average Bonchev–Trinajstić information content (AvgIpc) is 3.53. The Morgan fingerprint density at radius 2 is 1.70 bits per heavy atom. The third-order valence-electron chi connectivity index (χ3n) is 9.05. The molecule has 0 bridgehead atoms. The van der Waals surface area contributed by atoms with Gasteiger partial charge in [-0.1, -0.05) is 69.7 Å². The van der Waals surface area contributed by atoms with Gasteiger partial charge in [0.15, 0.2) is 5.78 Å². The predicted octanol–water partition coefficient (Wildman–Crippen LogP) is 10.5. The molecule has 0 amide bonds. The van der Waals surface area contributed by atoms with Crippen LogP contribution in [0.15, 0.2) is 64.2 Å². The van der Waals surface area contributed by atoms with Gasteiger partial charge in [-0.05, 0) is 90.2 Å². The van der Waals surface area contributed by atoms with Crippen molar-refractivity contribution in [3.63, 3.8) is 0 Å². The maximum absolute atomic E-state index is 11.7. The Morgan fingerprint density at radius 1 is 1.00 bits per heavy atom. The molecule has 2 aliphatic rings. The van der Waals surface area contributed by atoms with Crippen molar-refractivity contribution in [3.8, 4) is 11.3 Å². The van der Waals surface area contributed by atoms with Crippen LogP contribution in [0.5, 0.6) is 0 Å². The summed E-state index contributed by atoms with van der Waals surface area (Å²) in [7, 11) is 0. The molecule has 229 valence electrons. The number of aliphatic hydroxyl groups is 1. The van der Waals surface area contributed by atoms with Crippen LogP contribution in [0.2, 0.25) is 0 Å². The summed E-state index contributed by atoms with van der Waals surface area (Å²) >= 11 is 1.86. The zero-order valence-corrected chi connectivity index (χ0v) is 29.2. The van der Waals surface area contributed by atoms with Crippen molar-refractivity contribution in [1.82, 2.24) is 9.97 Å². The standard InChI is InChI=1S/C24H19N2S.C13H24O2.Ir/c1-14-6-7-16-11-19-21(13-20(16)26-14)27-22-12-18(15-4-2-3-5-15)10-17-8-9-25-24(19)23(17)22;1-5-10(6-2)12(14)9-13(15)11(7-3)8-4;/h6-10,12-13,15H,2-5H2,1H3;9-11,14H,5-8H2,1-4H3;/q-1;;/b;12-9-;. The minimum atomic E-state index is 0. The van der Waals surface area contributed by atoms with E-state index in [2.05, 4.69) is 42.5 Å². The molecule has 6 rings (SSSR count).